The fourth-order valence-corrected chi connectivity index (χ4v) is 5.91. The molecule has 0 aromatic carbocycles. The minimum absolute atomic E-state index is 0. The maximum Gasteiger partial charge on any atom is 4.00 e. The van der Waals surface area contributed by atoms with E-state index in [9.17, 15) is 0 Å². The molecule has 0 aromatic heterocycles. The number of rotatable bonds is 32. The van der Waals surface area contributed by atoms with E-state index >= 15 is 0 Å². The Labute approximate surface area is 405 Å². The van der Waals surface area contributed by atoms with E-state index < -0.39 is 0 Å². The molecule has 0 heterocycles. The molecule has 0 saturated carbocycles. The summed E-state index contributed by atoms with van der Waals surface area (Å²) in [5.74, 6) is 0. The topological polar surface area (TPSA) is 65.2 Å². The van der Waals surface area contributed by atoms with E-state index in [1.54, 1.807) is 0 Å². The van der Waals surface area contributed by atoms with Crippen molar-refractivity contribution in [2.45, 2.75) is 207 Å². The summed E-state index contributed by atoms with van der Waals surface area (Å²) in [6.45, 7) is 12.8. The quantitative estimate of drug-likeness (QED) is 0.0224. The van der Waals surface area contributed by atoms with E-state index in [1.807, 2.05) is 0 Å². The van der Waals surface area contributed by atoms with E-state index in [0.29, 0.717) is 17.3 Å². The van der Waals surface area contributed by atoms with E-state index in [0.717, 1.165) is 26.2 Å². The molecule has 0 aliphatic carbocycles. The standard InChI is InChI=1S/4C10H21NS2.Mo.OS/c4*1-2-3-4-5-6-7-8-9-11-10(12)13;;1-2/h4*2-9H2,1H3,(H2,11,12,13);;/q;;;;+4;/p-4. The first-order valence-electron chi connectivity index (χ1n) is 21.0. The minimum Gasteiger partial charge on any atom is -0.412 e. The molecule has 326 valence electrons. The zero-order chi connectivity index (χ0) is 41.8. The number of thiocarbonyl (C=S) groups is 4. The molecule has 55 heavy (non-hydrogen) atoms. The summed E-state index contributed by atoms with van der Waals surface area (Å²) in [5.41, 5.74) is 0. The van der Waals surface area contributed by atoms with Gasteiger partial charge in [-0.15, -0.1) is 0 Å². The van der Waals surface area contributed by atoms with Crippen LogP contribution in [0.2, 0.25) is 0 Å². The molecule has 0 atom stereocenters. The van der Waals surface area contributed by atoms with Crippen LogP contribution in [0.3, 0.4) is 0 Å². The molecule has 0 unspecified atom stereocenters. The summed E-state index contributed by atoms with van der Waals surface area (Å²) in [6, 6.07) is 0. The first kappa shape index (κ1) is 67.9. The van der Waals surface area contributed by atoms with Crippen LogP contribution in [0.5, 0.6) is 0 Å². The van der Waals surface area contributed by atoms with Gasteiger partial charge in [-0.2, -0.15) is 4.21 Å². The van der Waals surface area contributed by atoms with E-state index in [2.05, 4.69) is 61.5 Å². The van der Waals surface area contributed by atoms with Gasteiger partial charge < -0.3 is 121 Å². The molecule has 0 saturated heterocycles. The van der Waals surface area contributed by atoms with Crippen LogP contribution in [0.4, 0.5) is 0 Å². The van der Waals surface area contributed by atoms with Crippen molar-refractivity contribution in [3.63, 3.8) is 0 Å². The van der Waals surface area contributed by atoms with Crippen LogP contribution in [0, 0.1) is 0 Å². The van der Waals surface area contributed by atoms with Crippen LogP contribution >= 0.6 is 48.9 Å². The Bertz CT molecular complexity index is 656. The molecule has 0 aliphatic heterocycles. The molecule has 0 aliphatic rings. The summed E-state index contributed by atoms with van der Waals surface area (Å²) in [4.78, 5) is 0. The van der Waals surface area contributed by atoms with Crippen molar-refractivity contribution in [3.05, 3.63) is 0 Å². The third kappa shape index (κ3) is 92.0. The van der Waals surface area contributed by atoms with Crippen molar-refractivity contribution >= 4 is 129 Å². The molecular weight excluding hydrogens is 937 g/mol. The Kier molecular flexibility index (Phi) is 82.6. The first-order valence-corrected chi connectivity index (χ1v) is 24.6. The third-order valence-electron chi connectivity index (χ3n) is 8.20. The fourth-order valence-electron chi connectivity index (χ4n) is 5.09. The molecule has 0 radical (unpaired) electrons. The fraction of sp³-hybridized carbons (Fsp3) is 0.900. The first-order chi connectivity index (χ1) is 26.1. The van der Waals surface area contributed by atoms with Gasteiger partial charge in [-0.3, -0.25) is 0 Å². The summed E-state index contributed by atoms with van der Waals surface area (Å²) >= 11 is 40.7. The molecule has 0 aromatic rings. The van der Waals surface area contributed by atoms with E-state index in [1.165, 1.54) is 180 Å². The maximum atomic E-state index is 7.83. The zero-order valence-electron chi connectivity index (χ0n) is 35.1. The average Bonchev–Trinajstić information content (AvgIpc) is 3.14. The predicted molar refractivity (Wildman–Crippen MR) is 272 cm³/mol. The van der Waals surface area contributed by atoms with Gasteiger partial charge in [0, 0.05) is 26.2 Å². The minimum atomic E-state index is 0. The van der Waals surface area contributed by atoms with Gasteiger partial charge in [-0.1, -0.05) is 199 Å². The second-order valence-electron chi connectivity index (χ2n) is 13.3. The van der Waals surface area contributed by atoms with Gasteiger partial charge in [0.1, 0.15) is 0 Å². The third-order valence-corrected chi connectivity index (χ3v) is 9.35. The van der Waals surface area contributed by atoms with Gasteiger partial charge in [0.25, 0.3) is 0 Å². The van der Waals surface area contributed by atoms with Crippen molar-refractivity contribution in [1.29, 1.82) is 0 Å². The molecule has 5 nitrogen and oxygen atoms in total. The van der Waals surface area contributed by atoms with Gasteiger partial charge in [0.15, 0.2) is 12.5 Å². The van der Waals surface area contributed by atoms with Gasteiger partial charge in [0.05, 0.1) is 0 Å². The van der Waals surface area contributed by atoms with Crippen molar-refractivity contribution < 1.29 is 25.3 Å². The van der Waals surface area contributed by atoms with Crippen LogP contribution < -0.4 is 21.3 Å². The molecule has 0 bridgehead atoms. The predicted octanol–water partition coefficient (Wildman–Crippen LogP) is 12.3. The van der Waals surface area contributed by atoms with Crippen LogP contribution in [0.15, 0.2) is 0 Å². The van der Waals surface area contributed by atoms with Crippen molar-refractivity contribution in [3.8, 4) is 0 Å². The van der Waals surface area contributed by atoms with Gasteiger partial charge in [-0.05, 0) is 25.7 Å². The average molecular weight is 1020 g/mol. The molecule has 0 fully saturated rings. The molecule has 0 rings (SSSR count). The molecular formula is C40H80MoN4OS9. The largest absolute Gasteiger partial charge is 4.00 e. The Morgan fingerprint density at radius 2 is 0.436 bits per heavy atom. The smallest absolute Gasteiger partial charge is 0.412 e. The zero-order valence-corrected chi connectivity index (χ0v) is 44.5. The molecule has 4 N–H and O–H groups in total. The number of hydrogen-bond donors (Lipinski definition) is 4. The van der Waals surface area contributed by atoms with Gasteiger partial charge >= 0.3 is 21.1 Å². The van der Waals surface area contributed by atoms with Gasteiger partial charge in [0.2, 0.25) is 0 Å². The molecule has 0 amide bonds. The van der Waals surface area contributed by atoms with Crippen molar-refractivity contribution in [1.82, 2.24) is 21.3 Å². The Morgan fingerprint density at radius 1 is 0.309 bits per heavy atom. The molecule has 15 heteroatoms. The summed E-state index contributed by atoms with van der Waals surface area (Å²) in [7, 11) is 0. The Morgan fingerprint density at radius 3 is 0.564 bits per heavy atom. The van der Waals surface area contributed by atoms with Crippen LogP contribution in [0.1, 0.15) is 207 Å². The van der Waals surface area contributed by atoms with E-state index in [-0.39, 0.29) is 21.1 Å². The monoisotopic (exact) mass is 1020 g/mol. The summed E-state index contributed by atoms with van der Waals surface area (Å²) in [5, 5.41) is 12.0. The summed E-state index contributed by atoms with van der Waals surface area (Å²) in [6.07, 6.45) is 37.3. The number of nitrogens with one attached hydrogen (secondary N) is 4. The van der Waals surface area contributed by atoms with Crippen LogP contribution in [-0.4, -0.2) is 47.7 Å². The van der Waals surface area contributed by atoms with Crippen molar-refractivity contribution in [2.75, 3.05) is 26.2 Å². The summed E-state index contributed by atoms with van der Waals surface area (Å²) < 4.78 is 9.86. The molecule has 0 spiro atoms. The van der Waals surface area contributed by atoms with E-state index in [4.69, 9.17) is 104 Å². The SMILES string of the molecule is CCCCCCCCCNC(=S)[S-].CCCCCCCCCNC(=S)[S-].CCCCCCCCCNC(=S)[S-].CCCCCCCCCNC(=S)[S-].O=S.[Mo+4]. The number of unbranched alkanes of at least 4 members (excludes halogenated alkanes) is 24. The van der Waals surface area contributed by atoms with Crippen LogP contribution in [-0.2, 0) is 84.1 Å². The second kappa shape index (κ2) is 66.9. The second-order valence-corrected chi connectivity index (χ2v) is 17.6. The normalized spacial score (nSPS) is 9.45. The van der Waals surface area contributed by atoms with Crippen molar-refractivity contribution in [2.24, 2.45) is 0 Å². The maximum absolute atomic E-state index is 7.83. The van der Waals surface area contributed by atoms with Crippen LogP contribution in [0.25, 0.3) is 0 Å². The Balaban J connectivity index is -0.000000142. The number of hydrogen-bond acceptors (Lipinski definition) is 10. The van der Waals surface area contributed by atoms with Gasteiger partial charge in [-0.25, -0.2) is 0 Å². The Hall–Kier alpha value is 1.15.